The molecule has 1 aliphatic heterocycles. The average Bonchev–Trinajstić information content (AvgIpc) is 3.30. The first-order valence-corrected chi connectivity index (χ1v) is 9.23. The summed E-state index contributed by atoms with van der Waals surface area (Å²) < 4.78 is 8.81. The van der Waals surface area contributed by atoms with Crippen LogP contribution < -0.4 is 4.74 Å². The number of fused-ring (bicyclic) bond motifs is 3. The molecule has 124 valence electrons. The molecule has 2 aliphatic carbocycles. The molecule has 24 heavy (non-hydrogen) atoms. The van der Waals surface area contributed by atoms with E-state index in [-0.39, 0.29) is 5.60 Å². The number of nitrogens with zero attached hydrogens (tertiary/aromatic N) is 2. The number of hydrogen-bond donors (Lipinski definition) is 0. The molecule has 0 radical (unpaired) electrons. The lowest BCUT2D eigenvalue weighted by atomic mass is 9.97. The molecule has 0 unspecified atom stereocenters. The Hall–Kier alpha value is -2.03. The van der Waals surface area contributed by atoms with Crippen molar-refractivity contribution in [1.82, 2.24) is 4.57 Å². The molecule has 2 aromatic rings. The van der Waals surface area contributed by atoms with Gasteiger partial charge in [-0.15, -0.1) is 0 Å². The summed E-state index contributed by atoms with van der Waals surface area (Å²) in [5.74, 6) is 1.95. The fourth-order valence-corrected chi connectivity index (χ4v) is 4.90. The molecule has 2 bridgehead atoms. The lowest BCUT2D eigenvalue weighted by Crippen LogP contribution is -2.30. The fraction of sp³-hybridized carbons (Fsp3) is 0.476. The normalized spacial score (nSPS) is 27.9. The first kappa shape index (κ1) is 14.3. The molecule has 5 rings (SSSR count). The first-order chi connectivity index (χ1) is 11.7. The lowest BCUT2D eigenvalue weighted by molar-refractivity contribution is 0.0803. The second-order valence-electron chi connectivity index (χ2n) is 7.68. The summed E-state index contributed by atoms with van der Waals surface area (Å²) in [7, 11) is 0. The number of benzene rings is 1. The van der Waals surface area contributed by atoms with Crippen molar-refractivity contribution in [2.75, 3.05) is 6.54 Å². The Labute approximate surface area is 143 Å². The molecule has 3 nitrogen and oxygen atoms in total. The summed E-state index contributed by atoms with van der Waals surface area (Å²) in [5, 5.41) is 0. The Morgan fingerprint density at radius 1 is 1.04 bits per heavy atom. The minimum atomic E-state index is 0.147. The van der Waals surface area contributed by atoms with Gasteiger partial charge >= 0.3 is 0 Å². The molecule has 0 N–H and O–H groups in total. The van der Waals surface area contributed by atoms with E-state index in [4.69, 9.17) is 4.74 Å². The summed E-state index contributed by atoms with van der Waals surface area (Å²) in [5.41, 5.74) is 5.08. The van der Waals surface area contributed by atoms with Crippen LogP contribution in [0, 0.1) is 5.92 Å². The number of aromatic nitrogens is 1. The second kappa shape index (κ2) is 5.23. The van der Waals surface area contributed by atoms with E-state index in [0.717, 1.165) is 30.5 Å². The highest BCUT2D eigenvalue weighted by Gasteiger charge is 2.46. The van der Waals surface area contributed by atoms with Crippen molar-refractivity contribution in [2.45, 2.75) is 51.2 Å². The molecule has 2 saturated carbocycles. The molecule has 0 spiro atoms. The maximum atomic E-state index is 6.43. The summed E-state index contributed by atoms with van der Waals surface area (Å²) in [4.78, 5) is 4.55. The van der Waals surface area contributed by atoms with Gasteiger partial charge in [0.05, 0.1) is 18.0 Å². The molecule has 0 saturated heterocycles. The largest absolute Gasteiger partial charge is 0.487 e. The highest BCUT2D eigenvalue weighted by atomic mass is 16.5. The van der Waals surface area contributed by atoms with Crippen LogP contribution in [-0.4, -0.2) is 22.4 Å². The number of rotatable bonds is 3. The zero-order chi connectivity index (χ0) is 16.1. The van der Waals surface area contributed by atoms with Gasteiger partial charge in [0.2, 0.25) is 0 Å². The first-order valence-electron chi connectivity index (χ1n) is 9.23. The molecule has 3 aliphatic rings. The van der Waals surface area contributed by atoms with Crippen molar-refractivity contribution in [1.29, 1.82) is 0 Å². The van der Waals surface area contributed by atoms with E-state index in [9.17, 15) is 0 Å². The highest BCUT2D eigenvalue weighted by molar-refractivity contribution is 5.98. The zero-order valence-corrected chi connectivity index (χ0v) is 14.3. The van der Waals surface area contributed by atoms with Gasteiger partial charge in [0, 0.05) is 12.2 Å². The van der Waals surface area contributed by atoms with Crippen LogP contribution >= 0.6 is 0 Å². The fourth-order valence-electron chi connectivity index (χ4n) is 4.90. The Balaban J connectivity index is 1.40. The van der Waals surface area contributed by atoms with Gasteiger partial charge in [-0.1, -0.05) is 0 Å². The van der Waals surface area contributed by atoms with Gasteiger partial charge in [0.25, 0.3) is 0 Å². The van der Waals surface area contributed by atoms with E-state index in [1.807, 2.05) is 0 Å². The SMILES string of the molecule is CC1=NCCn2c1ccc2-c1ccc(OC23CCC(CC2)C3)cc1. The molecule has 2 fully saturated rings. The number of ether oxygens (including phenoxy) is 1. The maximum Gasteiger partial charge on any atom is 0.120 e. The van der Waals surface area contributed by atoms with Gasteiger partial charge in [-0.25, -0.2) is 0 Å². The van der Waals surface area contributed by atoms with Crippen LogP contribution in [0.3, 0.4) is 0 Å². The van der Waals surface area contributed by atoms with Crippen LogP contribution in [0.2, 0.25) is 0 Å². The van der Waals surface area contributed by atoms with Crippen LogP contribution in [-0.2, 0) is 6.54 Å². The van der Waals surface area contributed by atoms with Gasteiger partial charge in [-0.3, -0.25) is 4.99 Å². The van der Waals surface area contributed by atoms with Crippen LogP contribution in [0.25, 0.3) is 11.3 Å². The molecule has 0 amide bonds. The van der Waals surface area contributed by atoms with E-state index >= 15 is 0 Å². The number of hydrogen-bond acceptors (Lipinski definition) is 2. The predicted molar refractivity (Wildman–Crippen MR) is 96.9 cm³/mol. The standard InChI is InChI=1S/C21H24N2O/c1-15-19-6-7-20(23(19)13-12-22-15)17-2-4-18(5-3-17)24-21-10-8-16(14-21)9-11-21/h2-7,16H,8-14H2,1H3. The summed E-state index contributed by atoms with van der Waals surface area (Å²) in [6.07, 6.45) is 6.46. The smallest absolute Gasteiger partial charge is 0.120 e. The van der Waals surface area contributed by atoms with Crippen molar-refractivity contribution >= 4 is 5.71 Å². The predicted octanol–water partition coefficient (Wildman–Crippen LogP) is 4.69. The van der Waals surface area contributed by atoms with Crippen LogP contribution in [0.15, 0.2) is 41.4 Å². The van der Waals surface area contributed by atoms with E-state index in [0.29, 0.717) is 0 Å². The van der Waals surface area contributed by atoms with E-state index in [1.165, 1.54) is 49.1 Å². The third-order valence-electron chi connectivity index (χ3n) is 6.19. The van der Waals surface area contributed by atoms with Crippen LogP contribution in [0.1, 0.15) is 44.7 Å². The lowest BCUT2D eigenvalue weighted by Gasteiger charge is -2.28. The van der Waals surface area contributed by atoms with Gasteiger partial charge in [0.1, 0.15) is 11.4 Å². The topological polar surface area (TPSA) is 26.5 Å². The van der Waals surface area contributed by atoms with Gasteiger partial charge < -0.3 is 9.30 Å². The Bertz CT molecular complexity index is 792. The minimum Gasteiger partial charge on any atom is -0.487 e. The maximum absolute atomic E-state index is 6.43. The van der Waals surface area contributed by atoms with Gasteiger partial charge in [0.15, 0.2) is 0 Å². The van der Waals surface area contributed by atoms with E-state index < -0.39 is 0 Å². The van der Waals surface area contributed by atoms with Crippen molar-refractivity contribution < 1.29 is 4.74 Å². The Morgan fingerprint density at radius 3 is 2.50 bits per heavy atom. The zero-order valence-electron chi connectivity index (χ0n) is 14.3. The summed E-state index contributed by atoms with van der Waals surface area (Å²) in [6, 6.07) is 13.1. The van der Waals surface area contributed by atoms with Crippen LogP contribution in [0.4, 0.5) is 0 Å². The Morgan fingerprint density at radius 2 is 1.79 bits per heavy atom. The van der Waals surface area contributed by atoms with E-state index in [1.54, 1.807) is 0 Å². The van der Waals surface area contributed by atoms with E-state index in [2.05, 4.69) is 52.9 Å². The minimum absolute atomic E-state index is 0.147. The van der Waals surface area contributed by atoms with Crippen molar-refractivity contribution in [3.05, 3.63) is 42.1 Å². The quantitative estimate of drug-likeness (QED) is 0.806. The molecular formula is C21H24N2O. The summed E-state index contributed by atoms with van der Waals surface area (Å²) >= 11 is 0. The van der Waals surface area contributed by atoms with Gasteiger partial charge in [-0.2, -0.15) is 0 Å². The third-order valence-corrected chi connectivity index (χ3v) is 6.19. The average molecular weight is 320 g/mol. The van der Waals surface area contributed by atoms with Crippen molar-refractivity contribution in [2.24, 2.45) is 10.9 Å². The Kier molecular flexibility index (Phi) is 3.12. The van der Waals surface area contributed by atoms with Crippen LogP contribution in [0.5, 0.6) is 5.75 Å². The molecule has 1 aromatic carbocycles. The molecule has 3 heteroatoms. The molecule has 0 atom stereocenters. The monoisotopic (exact) mass is 320 g/mol. The highest BCUT2D eigenvalue weighted by Crippen LogP contribution is 2.50. The second-order valence-corrected chi connectivity index (χ2v) is 7.68. The molecule has 2 heterocycles. The summed E-state index contributed by atoms with van der Waals surface area (Å²) in [6.45, 7) is 3.95. The van der Waals surface area contributed by atoms with Crippen molar-refractivity contribution in [3.8, 4) is 17.0 Å². The van der Waals surface area contributed by atoms with Gasteiger partial charge in [-0.05, 0) is 86.9 Å². The number of aliphatic imine (C=N–C) groups is 1. The van der Waals surface area contributed by atoms with Crippen molar-refractivity contribution in [3.63, 3.8) is 0 Å². The third kappa shape index (κ3) is 2.21. The molecule has 1 aromatic heterocycles. The molecular weight excluding hydrogens is 296 g/mol.